The molecule has 1 aliphatic rings. The van der Waals surface area contributed by atoms with E-state index in [9.17, 15) is 0 Å². The molecule has 0 radical (unpaired) electrons. The quantitative estimate of drug-likeness (QED) is 0.194. The van der Waals surface area contributed by atoms with Gasteiger partial charge in [-0.1, -0.05) is 134 Å². The Bertz CT molecular complexity index is 2190. The summed E-state index contributed by atoms with van der Waals surface area (Å²) in [7, 11) is 0. The first-order valence-corrected chi connectivity index (χ1v) is 15.9. The fourth-order valence-electron chi connectivity index (χ4n) is 6.68. The minimum Gasteiger partial charge on any atom is -0.337 e. The highest BCUT2D eigenvalue weighted by Crippen LogP contribution is 2.35. The number of aromatic nitrogens is 1. The maximum atomic E-state index is 4.30. The molecular weight excluding hydrogens is 556 g/mol. The van der Waals surface area contributed by atoms with Crippen molar-refractivity contribution in [2.24, 2.45) is 0 Å². The Hall–Kier alpha value is -5.86. The Morgan fingerprint density at radius 1 is 0.522 bits per heavy atom. The molecule has 0 atom stereocenters. The first-order valence-electron chi connectivity index (χ1n) is 15.9. The van der Waals surface area contributed by atoms with E-state index in [0.717, 1.165) is 24.1 Å². The third kappa shape index (κ3) is 5.14. The standard InChI is InChI=1S/C44H34N2/c1-32-11-3-2-10-30-45(42-15-7-4-12-39(32)42)37-26-20-34(21-27-37)31-33-18-22-35(23-19-33)36-24-28-38(29-25-36)46-43-16-8-5-13-40(43)41-14-6-9-17-44(41)46/h2-29H,1,30-31H2/b10-2-,11-3-. The number of hydrogen-bond acceptors (Lipinski definition) is 1. The number of para-hydroxylation sites is 3. The molecule has 220 valence electrons. The molecule has 6 aromatic carbocycles. The van der Waals surface area contributed by atoms with Crippen LogP contribution in [0, 0.1) is 0 Å². The van der Waals surface area contributed by atoms with Crippen molar-refractivity contribution in [3.05, 3.63) is 193 Å². The van der Waals surface area contributed by atoms with Gasteiger partial charge in [0.2, 0.25) is 0 Å². The second kappa shape index (κ2) is 11.9. The lowest BCUT2D eigenvalue weighted by Crippen LogP contribution is -2.18. The van der Waals surface area contributed by atoms with Gasteiger partial charge in [0.15, 0.2) is 0 Å². The molecule has 0 saturated carbocycles. The van der Waals surface area contributed by atoms with Gasteiger partial charge in [-0.2, -0.15) is 0 Å². The summed E-state index contributed by atoms with van der Waals surface area (Å²) in [4.78, 5) is 2.36. The van der Waals surface area contributed by atoms with Crippen LogP contribution in [0.25, 0.3) is 44.2 Å². The highest BCUT2D eigenvalue weighted by Gasteiger charge is 2.15. The topological polar surface area (TPSA) is 8.17 Å². The number of fused-ring (bicyclic) bond motifs is 4. The van der Waals surface area contributed by atoms with Crippen LogP contribution in [-0.2, 0) is 6.42 Å². The van der Waals surface area contributed by atoms with Crippen molar-refractivity contribution < 1.29 is 0 Å². The second-order valence-electron chi connectivity index (χ2n) is 11.9. The van der Waals surface area contributed by atoms with Crippen molar-refractivity contribution >= 4 is 38.8 Å². The number of allylic oxidation sites excluding steroid dienone is 4. The molecule has 0 saturated heterocycles. The summed E-state index contributed by atoms with van der Waals surface area (Å²) < 4.78 is 2.36. The van der Waals surface area contributed by atoms with E-state index in [-0.39, 0.29) is 0 Å². The van der Waals surface area contributed by atoms with Crippen LogP contribution in [0.3, 0.4) is 0 Å². The lowest BCUT2D eigenvalue weighted by Gasteiger charge is -2.26. The average molecular weight is 591 g/mol. The Labute approximate surface area is 270 Å². The van der Waals surface area contributed by atoms with E-state index in [1.54, 1.807) is 0 Å². The van der Waals surface area contributed by atoms with Crippen molar-refractivity contribution in [1.29, 1.82) is 0 Å². The molecule has 0 unspecified atom stereocenters. The minimum absolute atomic E-state index is 0.801. The van der Waals surface area contributed by atoms with Crippen molar-refractivity contribution in [3.63, 3.8) is 0 Å². The van der Waals surface area contributed by atoms with Crippen LogP contribution in [0.15, 0.2) is 176 Å². The molecule has 2 nitrogen and oxygen atoms in total. The molecule has 0 bridgehead atoms. The molecule has 8 rings (SSSR count). The Morgan fingerprint density at radius 3 is 1.74 bits per heavy atom. The van der Waals surface area contributed by atoms with E-state index in [0.29, 0.717) is 0 Å². The summed E-state index contributed by atoms with van der Waals surface area (Å²) in [6, 6.07) is 52.7. The molecule has 0 amide bonds. The molecule has 1 aromatic heterocycles. The Kier molecular flexibility index (Phi) is 7.16. The van der Waals surface area contributed by atoms with Gasteiger partial charge < -0.3 is 9.47 Å². The zero-order valence-electron chi connectivity index (χ0n) is 25.7. The van der Waals surface area contributed by atoms with Gasteiger partial charge in [0.05, 0.1) is 11.0 Å². The van der Waals surface area contributed by atoms with E-state index in [2.05, 4.69) is 186 Å². The number of nitrogens with zero attached hydrogens (tertiary/aromatic N) is 2. The van der Waals surface area contributed by atoms with Crippen molar-refractivity contribution in [2.45, 2.75) is 6.42 Å². The SMILES string of the molecule is C=C1/C=C\C=C/CN(c2ccc(Cc3ccc(-c4ccc(-n5c6ccccc6c6ccccc65)cc4)cc3)cc2)c2ccccc21. The molecule has 0 N–H and O–H groups in total. The van der Waals surface area contributed by atoms with Crippen LogP contribution in [0.1, 0.15) is 16.7 Å². The first kappa shape index (κ1) is 27.7. The van der Waals surface area contributed by atoms with Gasteiger partial charge in [-0.15, -0.1) is 0 Å². The number of anilines is 2. The smallest absolute Gasteiger partial charge is 0.0541 e. The number of hydrogen-bond donors (Lipinski definition) is 0. The van der Waals surface area contributed by atoms with Gasteiger partial charge in [-0.3, -0.25) is 0 Å². The monoisotopic (exact) mass is 590 g/mol. The first-order chi connectivity index (χ1) is 22.7. The van der Waals surface area contributed by atoms with Gasteiger partial charge in [0, 0.05) is 39.9 Å². The largest absolute Gasteiger partial charge is 0.337 e. The van der Waals surface area contributed by atoms with Gasteiger partial charge in [0.1, 0.15) is 0 Å². The Morgan fingerprint density at radius 2 is 1.07 bits per heavy atom. The third-order valence-electron chi connectivity index (χ3n) is 9.02. The van der Waals surface area contributed by atoms with Crippen LogP contribution in [0.2, 0.25) is 0 Å². The zero-order valence-corrected chi connectivity index (χ0v) is 25.7. The van der Waals surface area contributed by atoms with Crippen LogP contribution in [0.4, 0.5) is 11.4 Å². The van der Waals surface area contributed by atoms with Crippen molar-refractivity contribution in [3.8, 4) is 16.8 Å². The van der Waals surface area contributed by atoms with E-state index in [1.165, 1.54) is 61.1 Å². The maximum Gasteiger partial charge on any atom is 0.0541 e. The summed E-state index contributed by atoms with van der Waals surface area (Å²) in [5, 5.41) is 2.57. The lowest BCUT2D eigenvalue weighted by molar-refractivity contribution is 1.09. The van der Waals surface area contributed by atoms with Gasteiger partial charge in [0.25, 0.3) is 0 Å². The second-order valence-corrected chi connectivity index (χ2v) is 11.9. The van der Waals surface area contributed by atoms with Gasteiger partial charge in [-0.05, 0) is 76.7 Å². The number of rotatable bonds is 5. The molecule has 0 aliphatic carbocycles. The predicted octanol–water partition coefficient (Wildman–Crippen LogP) is 11.3. The summed E-state index contributed by atoms with van der Waals surface area (Å²) in [5.41, 5.74) is 13.2. The van der Waals surface area contributed by atoms with Gasteiger partial charge >= 0.3 is 0 Å². The normalized spacial score (nSPS) is 14.4. The molecular formula is C44H34N2. The molecule has 7 aromatic rings. The van der Waals surface area contributed by atoms with Gasteiger partial charge in [-0.25, -0.2) is 0 Å². The van der Waals surface area contributed by atoms with Crippen molar-refractivity contribution in [2.75, 3.05) is 11.4 Å². The van der Waals surface area contributed by atoms with E-state index >= 15 is 0 Å². The molecule has 2 heterocycles. The summed E-state index contributed by atoms with van der Waals surface area (Å²) >= 11 is 0. The van der Waals surface area contributed by atoms with Crippen LogP contribution in [0.5, 0.6) is 0 Å². The molecule has 0 spiro atoms. The molecule has 46 heavy (non-hydrogen) atoms. The fourth-order valence-corrected chi connectivity index (χ4v) is 6.68. The minimum atomic E-state index is 0.801. The average Bonchev–Trinajstić information content (AvgIpc) is 3.48. The fraction of sp³-hybridized carbons (Fsp3) is 0.0455. The summed E-state index contributed by atoms with van der Waals surface area (Å²) in [6.45, 7) is 5.10. The number of benzene rings is 6. The van der Waals surface area contributed by atoms with Crippen LogP contribution >= 0.6 is 0 Å². The molecule has 1 aliphatic heterocycles. The Balaban J connectivity index is 1.00. The highest BCUT2D eigenvalue weighted by atomic mass is 15.1. The molecule has 2 heteroatoms. The zero-order chi connectivity index (χ0) is 30.9. The van der Waals surface area contributed by atoms with E-state index < -0.39 is 0 Å². The lowest BCUT2D eigenvalue weighted by atomic mass is 9.99. The van der Waals surface area contributed by atoms with E-state index in [4.69, 9.17) is 0 Å². The van der Waals surface area contributed by atoms with Crippen LogP contribution < -0.4 is 4.90 Å². The maximum absolute atomic E-state index is 4.30. The van der Waals surface area contributed by atoms with E-state index in [1.807, 2.05) is 0 Å². The highest BCUT2D eigenvalue weighted by molar-refractivity contribution is 6.09. The summed E-state index contributed by atoms with van der Waals surface area (Å²) in [6.07, 6.45) is 9.33. The summed E-state index contributed by atoms with van der Waals surface area (Å²) in [5.74, 6) is 0. The van der Waals surface area contributed by atoms with Crippen molar-refractivity contribution in [1.82, 2.24) is 4.57 Å². The third-order valence-corrected chi connectivity index (χ3v) is 9.02. The molecule has 0 fully saturated rings. The van der Waals surface area contributed by atoms with Crippen LogP contribution in [-0.4, -0.2) is 11.1 Å². The predicted molar refractivity (Wildman–Crippen MR) is 196 cm³/mol.